The molecule has 1 unspecified atom stereocenters. The van der Waals surface area contributed by atoms with Crippen LogP contribution in [0.5, 0.6) is 0 Å². The van der Waals surface area contributed by atoms with Gasteiger partial charge in [0.05, 0.1) is 9.80 Å². The Kier molecular flexibility index (Phi) is 6.78. The number of rotatable bonds is 8. The molecule has 3 aromatic carbocycles. The van der Waals surface area contributed by atoms with Crippen molar-refractivity contribution in [2.45, 2.75) is 24.7 Å². The second-order valence-corrected chi connectivity index (χ2v) is 8.76. The molecule has 0 spiro atoms. The molecular weight excluding hydrogens is 380 g/mol. The van der Waals surface area contributed by atoms with Crippen LogP contribution in [0.4, 0.5) is 0 Å². The molecule has 3 nitrogen and oxygen atoms in total. The topological polar surface area (TPSA) is 51.2 Å². The van der Waals surface area contributed by atoms with Crippen molar-refractivity contribution in [1.82, 2.24) is 0 Å². The minimum atomic E-state index is -3.77. The molecule has 0 aliphatic heterocycles. The number of ketones is 1. The summed E-state index contributed by atoms with van der Waals surface area (Å²) in [6, 6.07) is 26.4. The van der Waals surface area contributed by atoms with Crippen LogP contribution in [0.2, 0.25) is 0 Å². The fourth-order valence-corrected chi connectivity index (χ4v) is 4.83. The summed E-state index contributed by atoms with van der Waals surface area (Å²) in [6.45, 7) is 1.99. The van der Waals surface area contributed by atoms with Crippen molar-refractivity contribution >= 4 is 20.5 Å². The van der Waals surface area contributed by atoms with Crippen molar-refractivity contribution in [3.63, 3.8) is 0 Å². The van der Waals surface area contributed by atoms with Crippen LogP contribution in [0, 0.1) is 5.92 Å². The third-order valence-corrected chi connectivity index (χ3v) is 6.59. The minimum Gasteiger partial charge on any atom is -0.294 e. The van der Waals surface area contributed by atoms with Gasteiger partial charge in [0.1, 0.15) is 0 Å². The van der Waals surface area contributed by atoms with E-state index in [-0.39, 0.29) is 15.6 Å². The molecule has 0 heterocycles. The van der Waals surface area contributed by atoms with Crippen molar-refractivity contribution in [2.24, 2.45) is 5.92 Å². The SMILES string of the molecule is CCCC(/C=C(/c1ccccc1)S(=O)(=O)c1ccccc1)C(=O)c1ccccc1. The predicted molar refractivity (Wildman–Crippen MR) is 117 cm³/mol. The maximum Gasteiger partial charge on any atom is 0.206 e. The van der Waals surface area contributed by atoms with Crippen LogP contribution in [0.3, 0.4) is 0 Å². The summed E-state index contributed by atoms with van der Waals surface area (Å²) in [7, 11) is -3.77. The molecule has 0 radical (unpaired) electrons. The number of carbonyl (C=O) groups excluding carboxylic acids is 1. The summed E-state index contributed by atoms with van der Waals surface area (Å²) < 4.78 is 26.9. The number of Topliss-reactive ketones (excluding diaryl/α,β-unsaturated/α-hetero) is 1. The Morgan fingerprint density at radius 1 is 0.793 bits per heavy atom. The summed E-state index contributed by atoms with van der Waals surface area (Å²) in [5, 5.41) is 0. The first-order valence-corrected chi connectivity index (χ1v) is 11.2. The number of sulfone groups is 1. The number of benzene rings is 3. The van der Waals surface area contributed by atoms with E-state index in [0.717, 1.165) is 6.42 Å². The zero-order valence-corrected chi connectivity index (χ0v) is 17.2. The van der Waals surface area contributed by atoms with Crippen molar-refractivity contribution < 1.29 is 13.2 Å². The van der Waals surface area contributed by atoms with E-state index >= 15 is 0 Å². The number of hydrogen-bond donors (Lipinski definition) is 0. The summed E-state index contributed by atoms with van der Waals surface area (Å²) in [5.41, 5.74) is 1.17. The summed E-state index contributed by atoms with van der Waals surface area (Å²) in [4.78, 5) is 13.5. The molecule has 0 amide bonds. The minimum absolute atomic E-state index is 0.0656. The molecule has 4 heteroatoms. The highest BCUT2D eigenvalue weighted by molar-refractivity contribution is 8.00. The lowest BCUT2D eigenvalue weighted by molar-refractivity contribution is 0.0940. The van der Waals surface area contributed by atoms with E-state index in [1.807, 2.05) is 31.2 Å². The van der Waals surface area contributed by atoms with Crippen LogP contribution in [0.15, 0.2) is 102 Å². The van der Waals surface area contributed by atoms with Crippen molar-refractivity contribution in [1.29, 1.82) is 0 Å². The second kappa shape index (κ2) is 9.48. The Morgan fingerprint density at radius 3 is 1.79 bits per heavy atom. The van der Waals surface area contributed by atoms with E-state index in [1.165, 1.54) is 0 Å². The quantitative estimate of drug-likeness (QED) is 0.446. The van der Waals surface area contributed by atoms with Crippen molar-refractivity contribution in [3.05, 3.63) is 108 Å². The first-order valence-electron chi connectivity index (χ1n) is 9.70. The second-order valence-electron chi connectivity index (χ2n) is 6.84. The monoisotopic (exact) mass is 404 g/mol. The number of hydrogen-bond acceptors (Lipinski definition) is 3. The highest BCUT2D eigenvalue weighted by Gasteiger charge is 2.26. The largest absolute Gasteiger partial charge is 0.294 e. The molecule has 148 valence electrons. The van der Waals surface area contributed by atoms with E-state index in [9.17, 15) is 13.2 Å². The molecule has 0 fully saturated rings. The zero-order valence-electron chi connectivity index (χ0n) is 16.4. The Labute approximate surface area is 172 Å². The van der Waals surface area contributed by atoms with E-state index in [2.05, 4.69) is 0 Å². The molecule has 0 aliphatic carbocycles. The van der Waals surface area contributed by atoms with Gasteiger partial charge in [0.15, 0.2) is 5.78 Å². The fourth-order valence-electron chi connectivity index (χ4n) is 3.27. The predicted octanol–water partition coefficient (Wildman–Crippen LogP) is 5.80. The van der Waals surface area contributed by atoms with E-state index in [1.54, 1.807) is 72.8 Å². The molecule has 0 aliphatic rings. The average Bonchev–Trinajstić information content (AvgIpc) is 2.77. The highest BCUT2D eigenvalue weighted by Crippen LogP contribution is 2.31. The highest BCUT2D eigenvalue weighted by atomic mass is 32.2. The lowest BCUT2D eigenvalue weighted by atomic mass is 9.92. The van der Waals surface area contributed by atoms with Crippen LogP contribution in [0.1, 0.15) is 35.7 Å². The maximum atomic E-state index is 13.5. The summed E-state index contributed by atoms with van der Waals surface area (Å²) in [5.74, 6) is -0.583. The van der Waals surface area contributed by atoms with Gasteiger partial charge in [0.25, 0.3) is 0 Å². The first kappa shape index (κ1) is 20.7. The molecule has 3 aromatic rings. The Bertz CT molecular complexity index is 1070. The van der Waals surface area contributed by atoms with Crippen LogP contribution in [-0.2, 0) is 9.84 Å². The van der Waals surface area contributed by atoms with Gasteiger partial charge in [0, 0.05) is 11.5 Å². The van der Waals surface area contributed by atoms with Gasteiger partial charge in [-0.1, -0.05) is 98.3 Å². The third-order valence-electron chi connectivity index (χ3n) is 4.75. The zero-order chi connectivity index (χ0) is 20.7. The molecule has 1 atom stereocenters. The van der Waals surface area contributed by atoms with Crippen LogP contribution >= 0.6 is 0 Å². The van der Waals surface area contributed by atoms with Gasteiger partial charge >= 0.3 is 0 Å². The Hall–Kier alpha value is -2.98. The first-order chi connectivity index (χ1) is 14.0. The van der Waals surface area contributed by atoms with Crippen LogP contribution in [0.25, 0.3) is 4.91 Å². The Balaban J connectivity index is 2.14. The molecule has 0 N–H and O–H groups in total. The molecule has 3 rings (SSSR count). The average molecular weight is 405 g/mol. The van der Waals surface area contributed by atoms with Crippen molar-refractivity contribution in [3.8, 4) is 0 Å². The molecule has 29 heavy (non-hydrogen) atoms. The lowest BCUT2D eigenvalue weighted by Gasteiger charge is -2.16. The molecule has 0 saturated carbocycles. The molecular formula is C25H24O3S. The number of carbonyl (C=O) groups is 1. The standard InChI is InChI=1S/C25H24O3S/c1-2-12-22(25(26)21-15-8-4-9-16-21)19-24(20-13-6-3-7-14-20)29(27,28)23-17-10-5-11-18-23/h3-11,13-19,22H,2,12H2,1H3/b24-19-. The molecule has 0 aromatic heterocycles. The third kappa shape index (κ3) is 4.90. The van der Waals surface area contributed by atoms with E-state index in [4.69, 9.17) is 0 Å². The van der Waals surface area contributed by atoms with Gasteiger partial charge in [-0.15, -0.1) is 0 Å². The van der Waals surface area contributed by atoms with E-state index in [0.29, 0.717) is 17.5 Å². The molecule has 0 saturated heterocycles. The van der Waals surface area contributed by atoms with Crippen LogP contribution in [-0.4, -0.2) is 14.2 Å². The van der Waals surface area contributed by atoms with Crippen LogP contribution < -0.4 is 0 Å². The van der Waals surface area contributed by atoms with Crippen molar-refractivity contribution in [2.75, 3.05) is 0 Å². The van der Waals surface area contributed by atoms with Gasteiger partial charge in [-0.3, -0.25) is 4.79 Å². The Morgan fingerprint density at radius 2 is 1.28 bits per heavy atom. The van der Waals surface area contributed by atoms with Gasteiger partial charge in [-0.05, 0) is 24.1 Å². The fraction of sp³-hybridized carbons (Fsp3) is 0.160. The van der Waals surface area contributed by atoms with Gasteiger partial charge in [-0.2, -0.15) is 0 Å². The lowest BCUT2D eigenvalue weighted by Crippen LogP contribution is -2.15. The maximum absolute atomic E-state index is 13.5. The summed E-state index contributed by atoms with van der Waals surface area (Å²) in [6.07, 6.45) is 2.98. The van der Waals surface area contributed by atoms with Gasteiger partial charge in [-0.25, -0.2) is 8.42 Å². The summed E-state index contributed by atoms with van der Waals surface area (Å²) >= 11 is 0. The van der Waals surface area contributed by atoms with Gasteiger partial charge in [0.2, 0.25) is 9.84 Å². The van der Waals surface area contributed by atoms with Gasteiger partial charge < -0.3 is 0 Å². The molecule has 0 bridgehead atoms. The van der Waals surface area contributed by atoms with E-state index < -0.39 is 15.8 Å². The number of allylic oxidation sites excluding steroid dienone is 1. The normalized spacial score (nSPS) is 13.1. The smallest absolute Gasteiger partial charge is 0.206 e.